The first-order valence-electron chi connectivity index (χ1n) is 7.04. The molecule has 2 unspecified atom stereocenters. The van der Waals surface area contributed by atoms with Crippen LogP contribution in [-0.4, -0.2) is 30.8 Å². The fourth-order valence-corrected chi connectivity index (χ4v) is 2.06. The lowest BCUT2D eigenvalue weighted by atomic mass is 9.97. The van der Waals surface area contributed by atoms with Crippen molar-refractivity contribution in [2.75, 3.05) is 13.7 Å². The van der Waals surface area contributed by atoms with Crippen molar-refractivity contribution in [1.29, 1.82) is 0 Å². The van der Waals surface area contributed by atoms with E-state index in [1.165, 1.54) is 0 Å². The molecule has 2 atom stereocenters. The van der Waals surface area contributed by atoms with Gasteiger partial charge in [-0.3, -0.25) is 4.79 Å². The number of nitrogens with one attached hydrogen (secondary N) is 1. The maximum Gasteiger partial charge on any atom is 0.227 e. The number of benzene rings is 1. The number of methoxy groups -OCH3 is 1. The van der Waals surface area contributed by atoms with E-state index in [4.69, 9.17) is 9.84 Å². The monoisotopic (exact) mass is 279 g/mol. The summed E-state index contributed by atoms with van der Waals surface area (Å²) in [6, 6.07) is 7.52. The van der Waals surface area contributed by atoms with Crippen LogP contribution in [0.2, 0.25) is 0 Å². The molecule has 0 fully saturated rings. The van der Waals surface area contributed by atoms with Crippen LogP contribution in [0.5, 0.6) is 5.75 Å². The van der Waals surface area contributed by atoms with Gasteiger partial charge >= 0.3 is 0 Å². The molecule has 0 bridgehead atoms. The standard InChI is InChI=1S/C16H25NO3/c1-11(2)15(9-10-18)17-16(19)12(3)13-5-7-14(20-4)8-6-13/h5-8,11-12,15,18H,9-10H2,1-4H3,(H,17,19). The van der Waals surface area contributed by atoms with Crippen LogP contribution in [0, 0.1) is 5.92 Å². The van der Waals surface area contributed by atoms with Crippen LogP contribution in [0.3, 0.4) is 0 Å². The van der Waals surface area contributed by atoms with E-state index < -0.39 is 0 Å². The molecule has 2 N–H and O–H groups in total. The highest BCUT2D eigenvalue weighted by molar-refractivity contribution is 5.83. The zero-order chi connectivity index (χ0) is 15.1. The molecule has 0 heterocycles. The maximum absolute atomic E-state index is 12.3. The molecule has 0 radical (unpaired) electrons. The fourth-order valence-electron chi connectivity index (χ4n) is 2.06. The number of carbonyl (C=O) groups excluding carboxylic acids is 1. The molecule has 0 aliphatic heterocycles. The van der Waals surface area contributed by atoms with Gasteiger partial charge in [-0.1, -0.05) is 26.0 Å². The summed E-state index contributed by atoms with van der Waals surface area (Å²) in [5.41, 5.74) is 0.954. The number of rotatable bonds is 7. The molecule has 4 heteroatoms. The van der Waals surface area contributed by atoms with E-state index in [1.807, 2.05) is 45.0 Å². The van der Waals surface area contributed by atoms with Gasteiger partial charge in [0.15, 0.2) is 0 Å². The Morgan fingerprint density at radius 1 is 1.25 bits per heavy atom. The molecule has 0 saturated carbocycles. The Hall–Kier alpha value is -1.55. The summed E-state index contributed by atoms with van der Waals surface area (Å²) in [5.74, 6) is 0.846. The number of amides is 1. The van der Waals surface area contributed by atoms with Gasteiger partial charge in [-0.25, -0.2) is 0 Å². The van der Waals surface area contributed by atoms with Gasteiger partial charge in [0.1, 0.15) is 5.75 Å². The van der Waals surface area contributed by atoms with E-state index in [2.05, 4.69) is 5.32 Å². The van der Waals surface area contributed by atoms with Crippen molar-refractivity contribution in [1.82, 2.24) is 5.32 Å². The number of ether oxygens (including phenoxy) is 1. The summed E-state index contributed by atoms with van der Waals surface area (Å²) in [5, 5.41) is 12.1. The molecule has 0 saturated heterocycles. The van der Waals surface area contributed by atoms with E-state index >= 15 is 0 Å². The van der Waals surface area contributed by atoms with E-state index in [0.717, 1.165) is 11.3 Å². The lowest BCUT2D eigenvalue weighted by Gasteiger charge is -2.23. The minimum atomic E-state index is -0.221. The third-order valence-electron chi connectivity index (χ3n) is 3.58. The molecular formula is C16H25NO3. The van der Waals surface area contributed by atoms with Crippen LogP contribution in [-0.2, 0) is 4.79 Å². The number of aliphatic hydroxyl groups is 1. The average molecular weight is 279 g/mol. The largest absolute Gasteiger partial charge is 0.497 e. The summed E-state index contributed by atoms with van der Waals surface area (Å²) < 4.78 is 5.11. The third-order valence-corrected chi connectivity index (χ3v) is 3.58. The average Bonchev–Trinajstić information content (AvgIpc) is 2.45. The van der Waals surface area contributed by atoms with E-state index in [1.54, 1.807) is 7.11 Å². The predicted octanol–water partition coefficient (Wildman–Crippen LogP) is 2.32. The molecule has 1 rings (SSSR count). The van der Waals surface area contributed by atoms with E-state index in [-0.39, 0.29) is 24.5 Å². The van der Waals surface area contributed by atoms with Gasteiger partial charge in [-0.05, 0) is 37.0 Å². The molecule has 4 nitrogen and oxygen atoms in total. The Morgan fingerprint density at radius 3 is 2.30 bits per heavy atom. The van der Waals surface area contributed by atoms with E-state index in [0.29, 0.717) is 12.3 Å². The van der Waals surface area contributed by atoms with Gasteiger partial charge in [0.25, 0.3) is 0 Å². The lowest BCUT2D eigenvalue weighted by molar-refractivity contribution is -0.123. The quantitative estimate of drug-likeness (QED) is 0.805. The SMILES string of the molecule is COc1ccc(C(C)C(=O)NC(CCO)C(C)C)cc1. The van der Waals surface area contributed by atoms with Crippen molar-refractivity contribution < 1.29 is 14.6 Å². The molecule has 112 valence electrons. The highest BCUT2D eigenvalue weighted by Gasteiger charge is 2.20. The predicted molar refractivity (Wildman–Crippen MR) is 79.9 cm³/mol. The first-order chi connectivity index (χ1) is 9.49. The highest BCUT2D eigenvalue weighted by Crippen LogP contribution is 2.20. The number of hydrogen-bond donors (Lipinski definition) is 2. The van der Waals surface area contributed by atoms with Crippen LogP contribution < -0.4 is 10.1 Å². The molecule has 0 aliphatic carbocycles. The summed E-state index contributed by atoms with van der Waals surface area (Å²) >= 11 is 0. The molecule has 20 heavy (non-hydrogen) atoms. The van der Waals surface area contributed by atoms with Gasteiger partial charge in [0, 0.05) is 12.6 Å². The molecule has 0 aliphatic rings. The Balaban J connectivity index is 2.69. The van der Waals surface area contributed by atoms with Gasteiger partial charge in [0.2, 0.25) is 5.91 Å². The molecule has 0 spiro atoms. The molecule has 1 aromatic rings. The lowest BCUT2D eigenvalue weighted by Crippen LogP contribution is -2.41. The number of carbonyl (C=O) groups is 1. The topological polar surface area (TPSA) is 58.6 Å². The van der Waals surface area contributed by atoms with Crippen LogP contribution in [0.15, 0.2) is 24.3 Å². The first-order valence-corrected chi connectivity index (χ1v) is 7.04. The maximum atomic E-state index is 12.3. The highest BCUT2D eigenvalue weighted by atomic mass is 16.5. The molecular weight excluding hydrogens is 254 g/mol. The Labute approximate surface area is 121 Å². The summed E-state index contributed by atoms with van der Waals surface area (Å²) in [6.45, 7) is 6.05. The Bertz CT molecular complexity index is 414. The second kappa shape index (κ2) is 7.90. The van der Waals surface area contributed by atoms with Crippen molar-refractivity contribution in [3.05, 3.63) is 29.8 Å². The number of hydrogen-bond acceptors (Lipinski definition) is 3. The van der Waals surface area contributed by atoms with Crippen LogP contribution in [0.4, 0.5) is 0 Å². The van der Waals surface area contributed by atoms with Crippen molar-refractivity contribution >= 4 is 5.91 Å². The van der Waals surface area contributed by atoms with Gasteiger partial charge < -0.3 is 15.2 Å². The fraction of sp³-hybridized carbons (Fsp3) is 0.562. The van der Waals surface area contributed by atoms with Crippen molar-refractivity contribution in [2.45, 2.75) is 39.2 Å². The molecule has 1 amide bonds. The zero-order valence-electron chi connectivity index (χ0n) is 12.7. The zero-order valence-corrected chi connectivity index (χ0v) is 12.7. The van der Waals surface area contributed by atoms with Crippen molar-refractivity contribution in [2.24, 2.45) is 5.92 Å². The Kier molecular flexibility index (Phi) is 6.52. The number of aliphatic hydroxyl groups excluding tert-OH is 1. The minimum Gasteiger partial charge on any atom is -0.497 e. The summed E-state index contributed by atoms with van der Waals surface area (Å²) in [7, 11) is 1.62. The molecule has 0 aromatic heterocycles. The molecule has 1 aromatic carbocycles. The second-order valence-corrected chi connectivity index (χ2v) is 5.37. The first kappa shape index (κ1) is 16.5. The van der Waals surface area contributed by atoms with Crippen molar-refractivity contribution in [3.8, 4) is 5.75 Å². The van der Waals surface area contributed by atoms with Gasteiger partial charge in [-0.2, -0.15) is 0 Å². The van der Waals surface area contributed by atoms with Crippen LogP contribution >= 0.6 is 0 Å². The van der Waals surface area contributed by atoms with Crippen molar-refractivity contribution in [3.63, 3.8) is 0 Å². The van der Waals surface area contributed by atoms with Gasteiger partial charge in [-0.15, -0.1) is 0 Å². The summed E-state index contributed by atoms with van der Waals surface area (Å²) in [4.78, 5) is 12.3. The van der Waals surface area contributed by atoms with Gasteiger partial charge in [0.05, 0.1) is 13.0 Å². The van der Waals surface area contributed by atoms with Crippen LogP contribution in [0.1, 0.15) is 38.7 Å². The van der Waals surface area contributed by atoms with Crippen LogP contribution in [0.25, 0.3) is 0 Å². The second-order valence-electron chi connectivity index (χ2n) is 5.37. The smallest absolute Gasteiger partial charge is 0.227 e. The van der Waals surface area contributed by atoms with E-state index in [9.17, 15) is 4.79 Å². The normalized spacial score (nSPS) is 13.9. The Morgan fingerprint density at radius 2 is 1.85 bits per heavy atom. The summed E-state index contributed by atoms with van der Waals surface area (Å²) in [6.07, 6.45) is 0.582. The minimum absolute atomic E-state index is 0.00759. The third kappa shape index (κ3) is 4.53.